The molecule has 3 rings (SSSR count). The highest BCUT2D eigenvalue weighted by molar-refractivity contribution is 5.91. The number of carbonyl (C=O) groups is 1. The van der Waals surface area contributed by atoms with Crippen LogP contribution in [0.5, 0.6) is 0 Å². The highest BCUT2D eigenvalue weighted by atomic mass is 19.4. The molecule has 1 N–H and O–H groups in total. The zero-order valence-corrected chi connectivity index (χ0v) is 13.6. The van der Waals surface area contributed by atoms with Crippen molar-refractivity contribution in [1.29, 1.82) is 0 Å². The summed E-state index contributed by atoms with van der Waals surface area (Å²) >= 11 is 0. The average Bonchev–Trinajstić information content (AvgIpc) is 2.98. The molecule has 0 spiro atoms. The van der Waals surface area contributed by atoms with E-state index in [2.05, 4.69) is 0 Å². The van der Waals surface area contributed by atoms with E-state index in [0.717, 1.165) is 12.7 Å². The number of halogens is 3. The molecule has 0 atom stereocenters. The van der Waals surface area contributed by atoms with Gasteiger partial charge in [0.05, 0.1) is 0 Å². The fraction of sp³-hybridized carbons (Fsp3) is 0.471. The monoisotopic (exact) mass is 357 g/mol. The Hall–Kier alpha value is -2.06. The van der Waals surface area contributed by atoms with Gasteiger partial charge in [-0.1, -0.05) is 6.07 Å². The Morgan fingerprint density at radius 2 is 2.00 bits per heavy atom. The van der Waals surface area contributed by atoms with Crippen molar-refractivity contribution in [2.24, 2.45) is 0 Å². The Morgan fingerprint density at radius 3 is 2.56 bits per heavy atom. The SMILES string of the molecule is COC1(C(F)(F)F)CCN(Cc2ccc3oc(C(=O)O)cc3c2)CC1. The number of carboxylic acids is 1. The summed E-state index contributed by atoms with van der Waals surface area (Å²) in [5.41, 5.74) is -0.702. The van der Waals surface area contributed by atoms with Crippen LogP contribution in [0.1, 0.15) is 29.0 Å². The minimum absolute atomic E-state index is 0.107. The zero-order chi connectivity index (χ0) is 18.2. The molecule has 0 aliphatic carbocycles. The Balaban J connectivity index is 1.70. The maximum Gasteiger partial charge on any atom is 0.417 e. The Labute approximate surface area is 142 Å². The molecule has 0 saturated carbocycles. The fourth-order valence-electron chi connectivity index (χ4n) is 3.23. The molecule has 2 heterocycles. The number of alkyl halides is 3. The van der Waals surface area contributed by atoms with E-state index in [0.29, 0.717) is 17.5 Å². The molecular weight excluding hydrogens is 339 g/mol. The molecule has 0 bridgehead atoms. The molecule has 1 fully saturated rings. The maximum atomic E-state index is 13.2. The molecule has 8 heteroatoms. The van der Waals surface area contributed by atoms with E-state index < -0.39 is 17.7 Å². The van der Waals surface area contributed by atoms with Gasteiger partial charge in [0.15, 0.2) is 5.60 Å². The van der Waals surface area contributed by atoms with Gasteiger partial charge in [0.1, 0.15) is 5.58 Å². The van der Waals surface area contributed by atoms with Crippen molar-refractivity contribution >= 4 is 16.9 Å². The molecule has 1 aliphatic rings. The number of hydrogen-bond acceptors (Lipinski definition) is 4. The predicted molar refractivity (Wildman–Crippen MR) is 83.5 cm³/mol. The van der Waals surface area contributed by atoms with Crippen LogP contribution in [-0.4, -0.2) is 48.0 Å². The van der Waals surface area contributed by atoms with Gasteiger partial charge in [0.25, 0.3) is 0 Å². The summed E-state index contributed by atoms with van der Waals surface area (Å²) in [5.74, 6) is -1.28. The van der Waals surface area contributed by atoms with Crippen molar-refractivity contribution in [2.45, 2.75) is 31.2 Å². The topological polar surface area (TPSA) is 62.9 Å². The molecule has 1 saturated heterocycles. The minimum atomic E-state index is -4.38. The highest BCUT2D eigenvalue weighted by Crippen LogP contribution is 2.41. The summed E-state index contributed by atoms with van der Waals surface area (Å²) in [6.45, 7) is 1.04. The summed E-state index contributed by atoms with van der Waals surface area (Å²) in [6.07, 6.45) is -4.59. The van der Waals surface area contributed by atoms with Crippen LogP contribution in [0, 0.1) is 0 Å². The lowest BCUT2D eigenvalue weighted by atomic mass is 9.90. The molecule has 2 aromatic rings. The smallest absolute Gasteiger partial charge is 0.417 e. The number of hydrogen-bond donors (Lipinski definition) is 1. The third-order valence-electron chi connectivity index (χ3n) is 4.77. The number of furan rings is 1. The van der Waals surface area contributed by atoms with Crippen molar-refractivity contribution in [1.82, 2.24) is 4.90 Å². The largest absolute Gasteiger partial charge is 0.475 e. The van der Waals surface area contributed by atoms with Gasteiger partial charge in [-0.05, 0) is 36.6 Å². The first-order valence-corrected chi connectivity index (χ1v) is 7.84. The third kappa shape index (κ3) is 3.36. The number of likely N-dealkylation sites (tertiary alicyclic amines) is 1. The fourth-order valence-corrected chi connectivity index (χ4v) is 3.23. The second-order valence-electron chi connectivity index (χ2n) is 6.26. The molecule has 136 valence electrons. The van der Waals surface area contributed by atoms with Crippen LogP contribution in [0.25, 0.3) is 11.0 Å². The van der Waals surface area contributed by atoms with Gasteiger partial charge < -0.3 is 14.3 Å². The number of methoxy groups -OCH3 is 1. The molecule has 0 radical (unpaired) electrons. The quantitative estimate of drug-likeness (QED) is 0.905. The van der Waals surface area contributed by atoms with E-state index in [1.165, 1.54) is 6.07 Å². The number of rotatable bonds is 4. The lowest BCUT2D eigenvalue weighted by Gasteiger charge is -2.41. The highest BCUT2D eigenvalue weighted by Gasteiger charge is 2.56. The zero-order valence-electron chi connectivity index (χ0n) is 13.6. The van der Waals surface area contributed by atoms with Gasteiger partial charge in [-0.3, -0.25) is 4.90 Å². The summed E-state index contributed by atoms with van der Waals surface area (Å²) in [6, 6.07) is 6.71. The first-order chi connectivity index (χ1) is 11.7. The summed E-state index contributed by atoms with van der Waals surface area (Å²) in [7, 11) is 1.11. The van der Waals surface area contributed by atoms with Crippen molar-refractivity contribution in [2.75, 3.05) is 20.2 Å². The summed E-state index contributed by atoms with van der Waals surface area (Å²) in [4.78, 5) is 12.9. The number of carboxylic acid groups (broad SMARTS) is 1. The van der Waals surface area contributed by atoms with Crippen molar-refractivity contribution in [3.63, 3.8) is 0 Å². The van der Waals surface area contributed by atoms with E-state index in [1.807, 2.05) is 4.90 Å². The molecule has 1 aromatic heterocycles. The molecular formula is C17H18F3NO4. The van der Waals surface area contributed by atoms with E-state index in [1.54, 1.807) is 18.2 Å². The van der Waals surface area contributed by atoms with Gasteiger partial charge >= 0.3 is 12.1 Å². The molecule has 0 amide bonds. The van der Waals surface area contributed by atoms with Gasteiger partial charge in [0.2, 0.25) is 5.76 Å². The maximum absolute atomic E-state index is 13.2. The molecule has 5 nitrogen and oxygen atoms in total. The Morgan fingerprint density at radius 1 is 1.32 bits per heavy atom. The lowest BCUT2D eigenvalue weighted by molar-refractivity contribution is -0.282. The number of fused-ring (bicyclic) bond motifs is 1. The van der Waals surface area contributed by atoms with Gasteiger partial charge in [-0.25, -0.2) is 4.79 Å². The summed E-state index contributed by atoms with van der Waals surface area (Å²) < 4.78 is 49.6. The van der Waals surface area contributed by atoms with Crippen molar-refractivity contribution < 1.29 is 32.2 Å². The molecule has 0 unspecified atom stereocenters. The molecule has 1 aromatic carbocycles. The second-order valence-corrected chi connectivity index (χ2v) is 6.26. The van der Waals surface area contributed by atoms with Crippen LogP contribution in [0.3, 0.4) is 0 Å². The predicted octanol–water partition coefficient (Wildman–Crippen LogP) is 3.67. The van der Waals surface area contributed by atoms with Gasteiger partial charge in [-0.15, -0.1) is 0 Å². The van der Waals surface area contributed by atoms with E-state index >= 15 is 0 Å². The molecule has 25 heavy (non-hydrogen) atoms. The minimum Gasteiger partial charge on any atom is -0.475 e. The normalized spacial score (nSPS) is 18.6. The van der Waals surface area contributed by atoms with Crippen molar-refractivity contribution in [3.05, 3.63) is 35.6 Å². The average molecular weight is 357 g/mol. The Bertz CT molecular complexity index is 776. The number of nitrogens with zero attached hydrogens (tertiary/aromatic N) is 1. The van der Waals surface area contributed by atoms with Crippen LogP contribution in [0.2, 0.25) is 0 Å². The first-order valence-electron chi connectivity index (χ1n) is 7.84. The second kappa shape index (κ2) is 6.34. The number of piperidine rings is 1. The molecule has 1 aliphatic heterocycles. The van der Waals surface area contributed by atoms with E-state index in [9.17, 15) is 18.0 Å². The van der Waals surface area contributed by atoms with Crippen molar-refractivity contribution in [3.8, 4) is 0 Å². The van der Waals surface area contributed by atoms with Crippen LogP contribution < -0.4 is 0 Å². The van der Waals surface area contributed by atoms with Crippen LogP contribution in [0.15, 0.2) is 28.7 Å². The van der Waals surface area contributed by atoms with Gasteiger partial charge in [0, 0.05) is 32.1 Å². The number of aromatic carboxylic acids is 1. The number of benzene rings is 1. The summed E-state index contributed by atoms with van der Waals surface area (Å²) in [5, 5.41) is 9.61. The number of ether oxygens (including phenoxy) is 1. The van der Waals surface area contributed by atoms with E-state index in [-0.39, 0.29) is 31.7 Å². The Kier molecular flexibility index (Phi) is 4.51. The first kappa shape index (κ1) is 17.8. The lowest BCUT2D eigenvalue weighted by Crippen LogP contribution is -2.54. The standard InChI is InChI=1S/C17H18F3NO4/c1-24-16(17(18,19)20)4-6-21(7-5-16)10-11-2-3-13-12(8-11)9-14(25-13)15(22)23/h2-3,8-9H,4-7,10H2,1H3,(H,22,23). The van der Waals surface area contributed by atoms with Crippen LogP contribution in [0.4, 0.5) is 13.2 Å². The third-order valence-corrected chi connectivity index (χ3v) is 4.77. The van der Waals surface area contributed by atoms with E-state index in [4.69, 9.17) is 14.3 Å². The van der Waals surface area contributed by atoms with Gasteiger partial charge in [-0.2, -0.15) is 13.2 Å². The van der Waals surface area contributed by atoms with Crippen LogP contribution in [-0.2, 0) is 11.3 Å². The van der Waals surface area contributed by atoms with Crippen LogP contribution >= 0.6 is 0 Å².